The molecule has 0 saturated carbocycles. The molecule has 0 bridgehead atoms. The van der Waals surface area contributed by atoms with Crippen LogP contribution in [0.3, 0.4) is 0 Å². The number of carboxylic acids is 1. The van der Waals surface area contributed by atoms with E-state index in [4.69, 9.17) is 9.72 Å². The summed E-state index contributed by atoms with van der Waals surface area (Å²) in [5, 5.41) is 16.4. The molecule has 3 aromatic rings. The van der Waals surface area contributed by atoms with Crippen molar-refractivity contribution in [1.82, 2.24) is 19.9 Å². The summed E-state index contributed by atoms with van der Waals surface area (Å²) in [6.07, 6.45) is 6.73. The second kappa shape index (κ2) is 13.4. The van der Waals surface area contributed by atoms with Gasteiger partial charge in [-0.25, -0.2) is 24.1 Å². The number of halogens is 1. The Balaban J connectivity index is 1.33. The maximum absolute atomic E-state index is 14.5. The van der Waals surface area contributed by atoms with Crippen molar-refractivity contribution in [3.8, 4) is 0 Å². The first kappa shape index (κ1) is 27.7. The topological polar surface area (TPSA) is 113 Å². The molecule has 10 heteroatoms. The Bertz CT molecular complexity index is 1240. The van der Waals surface area contributed by atoms with Gasteiger partial charge >= 0.3 is 5.97 Å². The van der Waals surface area contributed by atoms with Gasteiger partial charge in [-0.2, -0.15) is 0 Å². The molecule has 2 aromatic heterocycles. The molecule has 1 atom stereocenters. The zero-order chi connectivity index (χ0) is 26.9. The first-order valence-corrected chi connectivity index (χ1v) is 13.3. The maximum Gasteiger partial charge on any atom is 0.326 e. The van der Waals surface area contributed by atoms with Crippen molar-refractivity contribution in [2.75, 3.05) is 50.5 Å². The van der Waals surface area contributed by atoms with Gasteiger partial charge in [0.05, 0.1) is 17.5 Å². The van der Waals surface area contributed by atoms with Crippen LogP contribution in [0.5, 0.6) is 0 Å². The van der Waals surface area contributed by atoms with Crippen LogP contribution in [0.2, 0.25) is 0 Å². The quantitative estimate of drug-likeness (QED) is 0.269. The van der Waals surface area contributed by atoms with E-state index >= 15 is 0 Å². The van der Waals surface area contributed by atoms with E-state index in [1.54, 1.807) is 19.2 Å². The van der Waals surface area contributed by atoms with Crippen molar-refractivity contribution in [1.29, 1.82) is 0 Å². The minimum atomic E-state index is -1.01. The van der Waals surface area contributed by atoms with E-state index in [-0.39, 0.29) is 11.2 Å². The molecule has 1 aliphatic heterocycles. The number of nitrogens with zero attached hydrogens (tertiary/aromatic N) is 4. The van der Waals surface area contributed by atoms with Crippen LogP contribution < -0.4 is 10.6 Å². The molecule has 3 N–H and O–H groups in total. The average molecular weight is 525 g/mol. The van der Waals surface area contributed by atoms with E-state index < -0.39 is 17.8 Å². The third-order valence-electron chi connectivity index (χ3n) is 7.02. The fourth-order valence-corrected chi connectivity index (χ4v) is 4.89. The highest BCUT2D eigenvalue weighted by Gasteiger charge is 2.21. The normalized spacial score (nSPS) is 13.8. The number of methoxy groups -OCH3 is 1. The number of unbranched alkanes of at least 4 members (excludes halogenated alkanes) is 1. The number of aromatic nitrogens is 3. The van der Waals surface area contributed by atoms with Crippen molar-refractivity contribution in [2.45, 2.75) is 51.5 Å². The number of ether oxygens (including phenoxy) is 1. The Morgan fingerprint density at radius 2 is 2.13 bits per heavy atom. The predicted octanol–water partition coefficient (Wildman–Crippen LogP) is 4.06. The van der Waals surface area contributed by atoms with Crippen LogP contribution in [0.15, 0.2) is 30.6 Å². The van der Waals surface area contributed by atoms with Gasteiger partial charge in [-0.05, 0) is 75.3 Å². The zero-order valence-electron chi connectivity index (χ0n) is 22.2. The average Bonchev–Trinajstić information content (AvgIpc) is 2.91. The zero-order valence-corrected chi connectivity index (χ0v) is 22.2. The van der Waals surface area contributed by atoms with E-state index in [1.165, 1.54) is 23.5 Å². The largest absolute Gasteiger partial charge is 0.480 e. The number of aryl methyl sites for hydroxylation is 3. The van der Waals surface area contributed by atoms with Gasteiger partial charge in [-0.15, -0.1) is 0 Å². The number of aliphatic carboxylic acids is 1. The summed E-state index contributed by atoms with van der Waals surface area (Å²) in [5.74, 6) is -0.285. The molecule has 1 aromatic carbocycles. The summed E-state index contributed by atoms with van der Waals surface area (Å²) in [5.41, 5.74) is 4.11. The van der Waals surface area contributed by atoms with E-state index in [2.05, 4.69) is 38.5 Å². The molecule has 4 rings (SSSR count). The molecule has 0 radical (unpaired) electrons. The molecule has 3 heterocycles. The molecule has 204 valence electrons. The second-order valence-corrected chi connectivity index (χ2v) is 9.76. The molecule has 1 aliphatic rings. The SMILES string of the molecule is COCCN(CCCCc1nc2c(cc1C)CCCN2)CC[C@H](Nc1ncnc2cccc(F)c12)C(=O)O. The summed E-state index contributed by atoms with van der Waals surface area (Å²) >= 11 is 0. The fourth-order valence-electron chi connectivity index (χ4n) is 4.89. The summed E-state index contributed by atoms with van der Waals surface area (Å²) in [6, 6.07) is 5.90. The minimum absolute atomic E-state index is 0.186. The van der Waals surface area contributed by atoms with Gasteiger partial charge in [0.2, 0.25) is 0 Å². The molecule has 0 fully saturated rings. The lowest BCUT2D eigenvalue weighted by Crippen LogP contribution is -2.37. The highest BCUT2D eigenvalue weighted by molar-refractivity contribution is 5.91. The van der Waals surface area contributed by atoms with Crippen LogP contribution in [0, 0.1) is 12.7 Å². The number of nitrogens with one attached hydrogen (secondary N) is 2. The summed E-state index contributed by atoms with van der Waals surface area (Å²) in [6.45, 7) is 5.75. The van der Waals surface area contributed by atoms with E-state index in [1.807, 2.05) is 0 Å². The minimum Gasteiger partial charge on any atom is -0.480 e. The molecule has 0 saturated heterocycles. The number of anilines is 2. The van der Waals surface area contributed by atoms with E-state index in [0.717, 1.165) is 56.7 Å². The third-order valence-corrected chi connectivity index (χ3v) is 7.02. The number of benzene rings is 1. The number of fused-ring (bicyclic) bond motifs is 2. The van der Waals surface area contributed by atoms with Crippen molar-refractivity contribution >= 4 is 28.5 Å². The summed E-state index contributed by atoms with van der Waals surface area (Å²) < 4.78 is 19.7. The van der Waals surface area contributed by atoms with Crippen LogP contribution in [0.1, 0.15) is 42.5 Å². The van der Waals surface area contributed by atoms with Crippen molar-refractivity contribution < 1.29 is 19.0 Å². The maximum atomic E-state index is 14.5. The first-order valence-electron chi connectivity index (χ1n) is 13.3. The Kier molecular flexibility index (Phi) is 9.78. The summed E-state index contributed by atoms with van der Waals surface area (Å²) in [7, 11) is 1.66. The number of hydrogen-bond acceptors (Lipinski definition) is 8. The highest BCUT2D eigenvalue weighted by Crippen LogP contribution is 2.24. The Morgan fingerprint density at radius 1 is 1.26 bits per heavy atom. The molecular weight excluding hydrogens is 487 g/mol. The van der Waals surface area contributed by atoms with Crippen LogP contribution in [-0.2, 0) is 22.4 Å². The van der Waals surface area contributed by atoms with Crippen molar-refractivity contribution in [2.24, 2.45) is 0 Å². The number of pyridine rings is 1. The van der Waals surface area contributed by atoms with Gasteiger partial charge in [-0.3, -0.25) is 0 Å². The second-order valence-electron chi connectivity index (χ2n) is 9.76. The Labute approximate surface area is 222 Å². The number of hydrogen-bond donors (Lipinski definition) is 3. The van der Waals surface area contributed by atoms with E-state index in [0.29, 0.717) is 31.6 Å². The lowest BCUT2D eigenvalue weighted by Gasteiger charge is -2.24. The molecule has 9 nitrogen and oxygen atoms in total. The van der Waals surface area contributed by atoms with Crippen molar-refractivity contribution in [3.05, 3.63) is 53.2 Å². The smallest absolute Gasteiger partial charge is 0.326 e. The molecular formula is C28H37FN6O3. The van der Waals surface area contributed by atoms with Crippen LogP contribution in [0.25, 0.3) is 10.9 Å². The molecule has 0 amide bonds. The first-order chi connectivity index (χ1) is 18.5. The lowest BCUT2D eigenvalue weighted by atomic mass is 10.0. The molecule has 0 unspecified atom stereocenters. The molecule has 38 heavy (non-hydrogen) atoms. The van der Waals surface area contributed by atoms with Crippen LogP contribution in [-0.4, -0.2) is 76.9 Å². The van der Waals surface area contributed by atoms with Gasteiger partial charge in [-0.1, -0.05) is 12.1 Å². The lowest BCUT2D eigenvalue weighted by molar-refractivity contribution is -0.138. The number of carboxylic acid groups (broad SMARTS) is 1. The predicted molar refractivity (Wildman–Crippen MR) is 146 cm³/mol. The monoisotopic (exact) mass is 524 g/mol. The highest BCUT2D eigenvalue weighted by atomic mass is 19.1. The van der Waals surface area contributed by atoms with Gasteiger partial charge in [0, 0.05) is 32.4 Å². The van der Waals surface area contributed by atoms with Crippen LogP contribution >= 0.6 is 0 Å². The van der Waals surface area contributed by atoms with Gasteiger partial charge in [0.1, 0.15) is 29.8 Å². The van der Waals surface area contributed by atoms with Gasteiger partial charge in [0.25, 0.3) is 0 Å². The molecule has 0 aliphatic carbocycles. The van der Waals surface area contributed by atoms with Crippen molar-refractivity contribution in [3.63, 3.8) is 0 Å². The van der Waals surface area contributed by atoms with E-state index in [9.17, 15) is 14.3 Å². The number of carbonyl (C=O) groups is 1. The van der Waals surface area contributed by atoms with Gasteiger partial charge in [0.15, 0.2) is 0 Å². The van der Waals surface area contributed by atoms with Crippen LogP contribution in [0.4, 0.5) is 16.0 Å². The Hall–Kier alpha value is -3.37. The third kappa shape index (κ3) is 7.14. The standard InChI is InChI=1S/C28H37FN6O3/c1-19-17-20-7-6-12-30-26(20)33-22(19)9-3-4-13-35(15-16-38-2)14-11-24(28(36)37)34-27-25-21(29)8-5-10-23(25)31-18-32-27/h5,8,10,17-18,24H,3-4,6-7,9,11-16H2,1-2H3,(H,30,33)(H,36,37)(H,31,32,34)/t24-/m0/s1. The summed E-state index contributed by atoms with van der Waals surface area (Å²) in [4.78, 5) is 27.3. The number of rotatable bonds is 14. The van der Waals surface area contributed by atoms with Gasteiger partial charge < -0.3 is 25.4 Å². The molecule has 0 spiro atoms. The Morgan fingerprint density at radius 3 is 2.95 bits per heavy atom. The fraction of sp³-hybridized carbons (Fsp3) is 0.500.